The van der Waals surface area contributed by atoms with E-state index in [0.717, 1.165) is 12.2 Å². The number of aliphatic imine (C=N–C) groups is 1. The highest BCUT2D eigenvalue weighted by Gasteiger charge is 2.54. The first kappa shape index (κ1) is 33.6. The SMILES string of the molecule is Cc1cc(C(C)CCC(N)=O)cc(C)c1CCSN1CCC2(CC1)N=C(C1CC(C(F)(F)F)C[C@@H](C(F)(F)F)C1)NC2=O. The number of carbonyl (C=O) groups is 2. The second-order valence-corrected chi connectivity index (χ2v) is 13.6. The van der Waals surface area contributed by atoms with Gasteiger partial charge in [0.05, 0.1) is 11.8 Å². The number of nitrogens with zero attached hydrogens (tertiary/aromatic N) is 2. The summed E-state index contributed by atoms with van der Waals surface area (Å²) in [6.07, 6.45) is -8.88. The number of amidine groups is 1. The molecule has 0 radical (unpaired) electrons. The molecule has 43 heavy (non-hydrogen) atoms. The first-order valence-electron chi connectivity index (χ1n) is 14.8. The lowest BCUT2D eigenvalue weighted by Gasteiger charge is -2.36. The number of alkyl halides is 6. The fourth-order valence-corrected chi connectivity index (χ4v) is 7.64. The average Bonchev–Trinajstić information content (AvgIpc) is 3.23. The van der Waals surface area contributed by atoms with Crippen LogP contribution in [0.25, 0.3) is 0 Å². The first-order valence-corrected chi connectivity index (χ1v) is 15.7. The van der Waals surface area contributed by atoms with Crippen LogP contribution in [0.5, 0.6) is 0 Å². The molecular weight excluding hydrogens is 594 g/mol. The summed E-state index contributed by atoms with van der Waals surface area (Å²) >= 11 is 1.66. The van der Waals surface area contributed by atoms with Gasteiger partial charge in [0.15, 0.2) is 0 Å². The summed E-state index contributed by atoms with van der Waals surface area (Å²) in [6, 6.07) is 4.33. The fraction of sp³-hybridized carbons (Fsp3) is 0.700. The summed E-state index contributed by atoms with van der Waals surface area (Å²) in [5, 5.41) is 2.57. The van der Waals surface area contributed by atoms with Crippen molar-refractivity contribution in [3.8, 4) is 0 Å². The van der Waals surface area contributed by atoms with Crippen molar-refractivity contribution in [2.45, 2.75) is 95.9 Å². The number of benzene rings is 1. The van der Waals surface area contributed by atoms with Crippen molar-refractivity contribution in [3.63, 3.8) is 0 Å². The molecule has 13 heteroatoms. The van der Waals surface area contributed by atoms with E-state index in [4.69, 9.17) is 5.73 Å². The van der Waals surface area contributed by atoms with Crippen molar-refractivity contribution in [1.82, 2.24) is 9.62 Å². The number of halogens is 6. The van der Waals surface area contributed by atoms with E-state index in [1.165, 1.54) is 22.3 Å². The van der Waals surface area contributed by atoms with Gasteiger partial charge in [-0.25, -0.2) is 0 Å². The zero-order valence-corrected chi connectivity index (χ0v) is 25.5. The summed E-state index contributed by atoms with van der Waals surface area (Å²) < 4.78 is 83.0. The molecular formula is C30H40F6N4O2S. The van der Waals surface area contributed by atoms with E-state index in [-0.39, 0.29) is 17.7 Å². The Labute approximate surface area is 252 Å². The number of rotatable bonds is 9. The van der Waals surface area contributed by atoms with Crippen molar-refractivity contribution < 1.29 is 35.9 Å². The second kappa shape index (κ2) is 13.0. The summed E-state index contributed by atoms with van der Waals surface area (Å²) in [5.74, 6) is -4.98. The standard InChI is InChI=1S/C30H40F6N4O2S/c1-17(4-5-25(37)41)20-12-18(2)24(19(3)13-20)6-11-43-40-9-7-28(8-10-40)27(42)38-26(39-28)21-14-22(29(31,32)33)16-23(15-21)30(34,35)36/h12-13,17,21-23H,4-11,14-16H2,1-3H3,(H2,37,41)(H,38,39,42)/t17?,21?,22-,23?/m0/s1. The minimum atomic E-state index is -4.74. The van der Waals surface area contributed by atoms with Gasteiger partial charge in [-0.3, -0.25) is 18.9 Å². The molecule has 1 spiro atoms. The quantitative estimate of drug-likeness (QED) is 0.244. The Morgan fingerprint density at radius 1 is 1.07 bits per heavy atom. The van der Waals surface area contributed by atoms with Gasteiger partial charge in [0.25, 0.3) is 5.91 Å². The molecule has 4 atom stereocenters. The lowest BCUT2D eigenvalue weighted by Crippen LogP contribution is -2.48. The molecule has 4 rings (SSSR count). The van der Waals surface area contributed by atoms with Crippen LogP contribution in [-0.4, -0.2) is 58.7 Å². The predicted octanol–water partition coefficient (Wildman–Crippen LogP) is 6.38. The van der Waals surface area contributed by atoms with Crippen molar-refractivity contribution in [2.24, 2.45) is 28.5 Å². The Morgan fingerprint density at radius 2 is 1.63 bits per heavy atom. The highest BCUT2D eigenvalue weighted by atomic mass is 32.2. The van der Waals surface area contributed by atoms with E-state index in [1.807, 2.05) is 0 Å². The molecule has 1 aromatic carbocycles. The third-order valence-corrected chi connectivity index (χ3v) is 10.4. The number of aryl methyl sites for hydroxylation is 2. The molecule has 2 aliphatic heterocycles. The Morgan fingerprint density at radius 3 is 2.14 bits per heavy atom. The minimum Gasteiger partial charge on any atom is -0.370 e. The van der Waals surface area contributed by atoms with Gasteiger partial charge >= 0.3 is 12.4 Å². The lowest BCUT2D eigenvalue weighted by molar-refractivity contribution is -0.225. The Bertz CT molecular complexity index is 1180. The van der Waals surface area contributed by atoms with Crippen LogP contribution in [0.4, 0.5) is 26.3 Å². The predicted molar refractivity (Wildman–Crippen MR) is 154 cm³/mol. The summed E-state index contributed by atoms with van der Waals surface area (Å²) in [7, 11) is 0. The number of hydrogen-bond donors (Lipinski definition) is 2. The van der Waals surface area contributed by atoms with Crippen molar-refractivity contribution in [2.75, 3.05) is 18.8 Å². The molecule has 2 heterocycles. The zero-order chi connectivity index (χ0) is 31.7. The van der Waals surface area contributed by atoms with Crippen LogP contribution in [0.3, 0.4) is 0 Å². The zero-order valence-electron chi connectivity index (χ0n) is 24.7. The van der Waals surface area contributed by atoms with Gasteiger partial charge in [0.1, 0.15) is 11.4 Å². The molecule has 3 unspecified atom stereocenters. The van der Waals surface area contributed by atoms with Gasteiger partial charge in [0, 0.05) is 31.2 Å². The van der Waals surface area contributed by atoms with Crippen LogP contribution in [0.15, 0.2) is 17.1 Å². The third kappa shape index (κ3) is 8.06. The molecule has 2 amide bonds. The number of carbonyl (C=O) groups excluding carboxylic acids is 2. The normalized spacial score (nSPS) is 25.5. The number of nitrogens with two attached hydrogens (primary N) is 1. The molecule has 6 nitrogen and oxygen atoms in total. The van der Waals surface area contributed by atoms with E-state index in [2.05, 4.69) is 47.5 Å². The van der Waals surface area contributed by atoms with Crippen LogP contribution in [0.1, 0.15) is 80.0 Å². The van der Waals surface area contributed by atoms with Gasteiger partial charge < -0.3 is 11.1 Å². The van der Waals surface area contributed by atoms with Crippen LogP contribution < -0.4 is 11.1 Å². The maximum Gasteiger partial charge on any atom is 0.391 e. The Hall–Kier alpha value is -2.28. The van der Waals surface area contributed by atoms with E-state index in [1.54, 1.807) is 11.9 Å². The van der Waals surface area contributed by atoms with E-state index in [0.29, 0.717) is 38.8 Å². The minimum absolute atomic E-state index is 0.0207. The fourth-order valence-electron chi connectivity index (χ4n) is 6.64. The number of piperidine rings is 1. The van der Waals surface area contributed by atoms with Crippen LogP contribution in [0, 0.1) is 31.6 Å². The third-order valence-electron chi connectivity index (χ3n) is 9.30. The monoisotopic (exact) mass is 634 g/mol. The molecule has 3 N–H and O–H groups in total. The van der Waals surface area contributed by atoms with Crippen LogP contribution in [0.2, 0.25) is 0 Å². The highest BCUT2D eigenvalue weighted by molar-refractivity contribution is 7.97. The molecule has 1 saturated carbocycles. The van der Waals surface area contributed by atoms with E-state index < -0.39 is 60.8 Å². The number of amides is 2. The highest BCUT2D eigenvalue weighted by Crippen LogP contribution is 2.48. The van der Waals surface area contributed by atoms with E-state index in [9.17, 15) is 35.9 Å². The maximum atomic E-state index is 13.5. The van der Waals surface area contributed by atoms with E-state index >= 15 is 0 Å². The average molecular weight is 635 g/mol. The summed E-state index contributed by atoms with van der Waals surface area (Å²) in [6.45, 7) is 7.31. The lowest BCUT2D eigenvalue weighted by atomic mass is 9.74. The van der Waals surface area contributed by atoms with Gasteiger partial charge in [-0.05, 0) is 87.0 Å². The number of hydrogen-bond acceptors (Lipinski definition) is 5. The molecule has 240 valence electrons. The first-order chi connectivity index (χ1) is 20.0. The van der Waals surface area contributed by atoms with Crippen molar-refractivity contribution >= 4 is 29.6 Å². The maximum absolute atomic E-state index is 13.5. The van der Waals surface area contributed by atoms with Crippen molar-refractivity contribution in [1.29, 1.82) is 0 Å². The molecule has 2 fully saturated rings. The largest absolute Gasteiger partial charge is 0.391 e. The van der Waals surface area contributed by atoms with Gasteiger partial charge in [-0.15, -0.1) is 0 Å². The molecule has 3 aliphatic rings. The molecule has 1 aromatic rings. The van der Waals surface area contributed by atoms with Crippen LogP contribution >= 0.6 is 11.9 Å². The molecule has 0 bridgehead atoms. The number of nitrogens with one attached hydrogen (secondary N) is 1. The summed E-state index contributed by atoms with van der Waals surface area (Å²) in [5.41, 5.74) is 8.97. The molecule has 0 aromatic heterocycles. The topological polar surface area (TPSA) is 87.8 Å². The van der Waals surface area contributed by atoms with Crippen LogP contribution in [-0.2, 0) is 16.0 Å². The van der Waals surface area contributed by atoms with Gasteiger partial charge in [-0.2, -0.15) is 26.3 Å². The molecule has 1 aliphatic carbocycles. The Balaban J connectivity index is 1.33. The second-order valence-electron chi connectivity index (χ2n) is 12.4. The Kier molecular flexibility index (Phi) is 10.1. The smallest absolute Gasteiger partial charge is 0.370 e. The van der Waals surface area contributed by atoms with Gasteiger partial charge in [-0.1, -0.05) is 31.0 Å². The van der Waals surface area contributed by atoms with Gasteiger partial charge in [0.2, 0.25) is 5.91 Å². The van der Waals surface area contributed by atoms with Crippen molar-refractivity contribution in [3.05, 3.63) is 34.4 Å². The summed E-state index contributed by atoms with van der Waals surface area (Å²) in [4.78, 5) is 28.6. The number of primary amides is 1. The molecule has 1 saturated heterocycles.